The lowest BCUT2D eigenvalue weighted by atomic mass is 9.73. The van der Waals surface area contributed by atoms with Crippen molar-refractivity contribution in [3.8, 4) is 0 Å². The maximum atomic E-state index is 12.5. The van der Waals surface area contributed by atoms with Gasteiger partial charge in [0.2, 0.25) is 0 Å². The summed E-state index contributed by atoms with van der Waals surface area (Å²) in [5, 5.41) is 83.7. The van der Waals surface area contributed by atoms with Crippen LogP contribution in [0.3, 0.4) is 0 Å². The number of likely N-dealkylation sites (N-methyl/N-ethyl adjacent to an activating group) is 1. The fraction of sp³-hybridized carbons (Fsp3) is 0.973. The minimum Gasteiger partial charge on any atom is -0.411 e. The molecule has 0 aliphatic carbocycles. The Bertz CT molecular complexity index is 1160. The summed E-state index contributed by atoms with van der Waals surface area (Å²) in [6.45, 7) is 16.9. The third-order valence-electron chi connectivity index (χ3n) is 12.1. The molecule has 3 aliphatic heterocycles. The minimum atomic E-state index is -1.91. The van der Waals surface area contributed by atoms with Crippen molar-refractivity contribution in [2.45, 2.75) is 185 Å². The van der Waals surface area contributed by atoms with E-state index in [-0.39, 0.29) is 37.1 Å². The van der Waals surface area contributed by atoms with Crippen molar-refractivity contribution in [2.75, 3.05) is 21.2 Å². The van der Waals surface area contributed by atoms with Crippen LogP contribution in [0.15, 0.2) is 5.16 Å². The van der Waals surface area contributed by atoms with E-state index in [0.29, 0.717) is 6.42 Å². The van der Waals surface area contributed by atoms with Gasteiger partial charge in [-0.3, -0.25) is 0 Å². The van der Waals surface area contributed by atoms with Gasteiger partial charge in [-0.05, 0) is 68.0 Å². The van der Waals surface area contributed by atoms with E-state index in [9.17, 15) is 35.8 Å². The zero-order valence-corrected chi connectivity index (χ0v) is 33.5. The first-order chi connectivity index (χ1) is 24.0. The summed E-state index contributed by atoms with van der Waals surface area (Å²) < 4.78 is 37.6. The molecule has 0 amide bonds. The number of ether oxygens (including phenoxy) is 6. The highest BCUT2D eigenvalue weighted by molar-refractivity contribution is 5.88. The molecule has 15 nitrogen and oxygen atoms in total. The van der Waals surface area contributed by atoms with E-state index >= 15 is 0 Å². The van der Waals surface area contributed by atoms with Gasteiger partial charge >= 0.3 is 0 Å². The van der Waals surface area contributed by atoms with Crippen LogP contribution in [0.4, 0.5) is 0 Å². The molecule has 306 valence electrons. The van der Waals surface area contributed by atoms with Crippen molar-refractivity contribution in [2.24, 2.45) is 28.8 Å². The first-order valence-corrected chi connectivity index (χ1v) is 18.8. The Morgan fingerprint density at radius 3 is 2.02 bits per heavy atom. The third kappa shape index (κ3) is 9.66. The topological polar surface area (TPSA) is 213 Å². The Kier molecular flexibility index (Phi) is 15.5. The molecule has 15 heteroatoms. The maximum Gasteiger partial charge on any atom is 0.185 e. The van der Waals surface area contributed by atoms with Crippen LogP contribution in [0.5, 0.6) is 0 Å². The Morgan fingerprint density at radius 1 is 0.865 bits per heavy atom. The smallest absolute Gasteiger partial charge is 0.185 e. The predicted molar refractivity (Wildman–Crippen MR) is 191 cm³/mol. The van der Waals surface area contributed by atoms with Crippen molar-refractivity contribution in [3.05, 3.63) is 0 Å². The van der Waals surface area contributed by atoms with Crippen molar-refractivity contribution in [3.63, 3.8) is 0 Å². The van der Waals surface area contributed by atoms with Gasteiger partial charge in [0.05, 0.1) is 53.5 Å². The van der Waals surface area contributed by atoms with E-state index in [4.69, 9.17) is 28.4 Å². The van der Waals surface area contributed by atoms with Crippen molar-refractivity contribution >= 4 is 5.71 Å². The first-order valence-electron chi connectivity index (χ1n) is 18.8. The number of oxime groups is 1. The average molecular weight is 751 g/mol. The molecule has 0 saturated carbocycles. The van der Waals surface area contributed by atoms with Crippen molar-refractivity contribution in [1.82, 2.24) is 4.90 Å². The van der Waals surface area contributed by atoms with Gasteiger partial charge in [0.25, 0.3) is 0 Å². The maximum absolute atomic E-state index is 12.5. The third-order valence-corrected chi connectivity index (χ3v) is 12.1. The molecule has 0 aromatic carbocycles. The van der Waals surface area contributed by atoms with Crippen molar-refractivity contribution in [1.29, 1.82) is 0 Å². The van der Waals surface area contributed by atoms with E-state index < -0.39 is 102 Å². The molecular formula is C37H70N2O13. The molecule has 0 bridgehead atoms. The molecule has 0 spiro atoms. The SMILES string of the molecule is CC[C@H]1OC(O)[C@H](C)[C@@H](OC2CC(C)(OC)C(O)C(C)O2)[C@H](C)[C@@H](OC2OC(C)CC(N(C)C)C2O)[C@](C)(O)C[C@@H](C)/C(=N\O)[C@H](C)[C@@H](O)[C@]1(C)O. The van der Waals surface area contributed by atoms with Gasteiger partial charge < -0.3 is 69.2 Å². The fourth-order valence-electron chi connectivity index (χ4n) is 8.74. The Labute approximate surface area is 310 Å². The van der Waals surface area contributed by atoms with Crippen LogP contribution < -0.4 is 0 Å². The predicted octanol–water partition coefficient (Wildman–Crippen LogP) is 1.84. The van der Waals surface area contributed by atoms with Crippen LogP contribution in [0.25, 0.3) is 0 Å². The van der Waals surface area contributed by atoms with E-state index in [1.807, 2.05) is 25.9 Å². The normalized spacial score (nSPS) is 51.3. The van der Waals surface area contributed by atoms with Gasteiger partial charge in [0.15, 0.2) is 18.9 Å². The lowest BCUT2D eigenvalue weighted by Gasteiger charge is -2.50. The van der Waals surface area contributed by atoms with Gasteiger partial charge in [0.1, 0.15) is 17.8 Å². The molecule has 3 aliphatic rings. The van der Waals surface area contributed by atoms with Gasteiger partial charge in [-0.25, -0.2) is 0 Å². The number of rotatable bonds is 7. The van der Waals surface area contributed by atoms with Crippen LogP contribution in [0.2, 0.25) is 0 Å². The van der Waals surface area contributed by atoms with Gasteiger partial charge in [-0.2, -0.15) is 0 Å². The highest BCUT2D eigenvalue weighted by atomic mass is 16.7. The molecule has 3 fully saturated rings. The average Bonchev–Trinajstić information content (AvgIpc) is 3.06. The summed E-state index contributed by atoms with van der Waals surface area (Å²) in [7, 11) is 5.22. The van der Waals surface area contributed by atoms with Gasteiger partial charge in [-0.1, -0.05) is 39.8 Å². The zero-order chi connectivity index (χ0) is 39.7. The number of methoxy groups -OCH3 is 1. The van der Waals surface area contributed by atoms with E-state index in [0.717, 1.165) is 0 Å². The van der Waals surface area contributed by atoms with Gasteiger partial charge in [0, 0.05) is 43.2 Å². The summed E-state index contributed by atoms with van der Waals surface area (Å²) in [6, 6.07) is -0.308. The molecule has 3 saturated heterocycles. The molecule has 0 aromatic rings. The van der Waals surface area contributed by atoms with E-state index in [1.54, 1.807) is 55.4 Å². The van der Waals surface area contributed by atoms with Gasteiger partial charge in [-0.15, -0.1) is 0 Å². The Hall–Kier alpha value is -1.05. The van der Waals surface area contributed by atoms with Crippen LogP contribution in [0, 0.1) is 23.7 Å². The number of hydrogen-bond acceptors (Lipinski definition) is 15. The number of nitrogens with zero attached hydrogens (tertiary/aromatic N) is 2. The monoisotopic (exact) mass is 750 g/mol. The second-order valence-corrected chi connectivity index (χ2v) is 16.8. The minimum absolute atomic E-state index is 0.0433. The lowest BCUT2D eigenvalue weighted by Crippen LogP contribution is -2.61. The first kappa shape index (κ1) is 45.3. The Balaban J connectivity index is 2.21. The largest absolute Gasteiger partial charge is 0.411 e. The highest BCUT2D eigenvalue weighted by Gasteiger charge is 2.53. The summed E-state index contributed by atoms with van der Waals surface area (Å²) in [4.78, 5) is 1.90. The molecular weight excluding hydrogens is 680 g/mol. The molecule has 7 N–H and O–H groups in total. The second-order valence-electron chi connectivity index (χ2n) is 16.8. The number of hydrogen-bond donors (Lipinski definition) is 7. The van der Waals surface area contributed by atoms with E-state index in [2.05, 4.69) is 5.16 Å². The molecule has 52 heavy (non-hydrogen) atoms. The summed E-state index contributed by atoms with van der Waals surface area (Å²) in [5.41, 5.74) is -4.54. The molecule has 0 radical (unpaired) electrons. The fourth-order valence-corrected chi connectivity index (χ4v) is 8.74. The summed E-state index contributed by atoms with van der Waals surface area (Å²) >= 11 is 0. The summed E-state index contributed by atoms with van der Waals surface area (Å²) in [6.07, 6.45) is -10.5. The molecule has 3 heterocycles. The molecule has 9 unspecified atom stereocenters. The molecule has 19 atom stereocenters. The standard InChI is InChI=1S/C37H70N2O13/c1-14-25-37(10,45)30(41)20(4)27(38-46)18(2)16-35(8,44)32(52-34-28(40)24(39(11)12)15-19(3)48-34)21(5)29(22(6)33(43)50-25)51-26-17-36(9,47-13)31(42)23(7)49-26/h18-26,28-34,40-46H,14-17H2,1-13H3/b38-27+/t18-,19?,20+,21+,22-,23?,24?,25-,26?,28?,29+,30-,31?,32-,33?,34?,35-,36?,37-/m1/s1. The van der Waals surface area contributed by atoms with Crippen LogP contribution >= 0.6 is 0 Å². The van der Waals surface area contributed by atoms with E-state index in [1.165, 1.54) is 14.0 Å². The number of aliphatic hydroxyl groups excluding tert-OH is 4. The number of aliphatic hydroxyl groups is 6. The van der Waals surface area contributed by atoms with Crippen molar-refractivity contribution < 1.29 is 64.3 Å². The molecule has 3 rings (SSSR count). The highest BCUT2D eigenvalue weighted by Crippen LogP contribution is 2.41. The second kappa shape index (κ2) is 17.8. The molecule has 0 aromatic heterocycles. The van der Waals surface area contributed by atoms with Crippen LogP contribution in [0.1, 0.15) is 94.9 Å². The lowest BCUT2D eigenvalue weighted by molar-refractivity contribution is -0.326. The quantitative estimate of drug-likeness (QED) is 0.146. The van der Waals surface area contributed by atoms with Crippen LogP contribution in [-0.2, 0) is 28.4 Å². The zero-order valence-electron chi connectivity index (χ0n) is 33.5. The summed E-state index contributed by atoms with van der Waals surface area (Å²) in [5.74, 6) is -3.18. The van der Waals surface area contributed by atoms with Crippen LogP contribution in [-0.4, -0.2) is 158 Å². The Morgan fingerprint density at radius 2 is 1.48 bits per heavy atom.